The maximum absolute atomic E-state index is 6.05. The predicted molar refractivity (Wildman–Crippen MR) is 70.2 cm³/mol. The lowest BCUT2D eigenvalue weighted by Gasteiger charge is -2.47. The summed E-state index contributed by atoms with van der Waals surface area (Å²) in [6.45, 7) is 14.6. The summed E-state index contributed by atoms with van der Waals surface area (Å²) in [6, 6.07) is 0. The molecule has 1 aliphatic rings. The van der Waals surface area contributed by atoms with E-state index in [4.69, 9.17) is 15.2 Å². The van der Waals surface area contributed by atoms with Gasteiger partial charge in [-0.15, -0.1) is 0 Å². The van der Waals surface area contributed by atoms with Crippen LogP contribution in [0.2, 0.25) is 0 Å². The first kappa shape index (κ1) is 14.9. The third kappa shape index (κ3) is 4.92. The van der Waals surface area contributed by atoms with Crippen molar-refractivity contribution in [2.45, 2.75) is 51.9 Å². The van der Waals surface area contributed by atoms with Gasteiger partial charge in [0.25, 0.3) is 0 Å². The summed E-state index contributed by atoms with van der Waals surface area (Å²) in [5.41, 5.74) is 5.52. The van der Waals surface area contributed by atoms with E-state index >= 15 is 0 Å². The second kappa shape index (κ2) is 5.65. The van der Waals surface area contributed by atoms with Crippen molar-refractivity contribution in [2.75, 3.05) is 32.8 Å². The Labute approximate surface area is 105 Å². The van der Waals surface area contributed by atoms with Crippen LogP contribution in [0.1, 0.15) is 34.6 Å². The zero-order chi connectivity index (χ0) is 13.1. The zero-order valence-electron chi connectivity index (χ0n) is 12.0. The molecule has 102 valence electrons. The minimum absolute atomic E-state index is 0.104. The highest BCUT2D eigenvalue weighted by atomic mass is 16.5. The number of nitrogens with two attached hydrogens (primary N) is 1. The van der Waals surface area contributed by atoms with Gasteiger partial charge in [0.05, 0.1) is 17.3 Å². The zero-order valence-corrected chi connectivity index (χ0v) is 12.0. The summed E-state index contributed by atoms with van der Waals surface area (Å²) < 4.78 is 11.7. The van der Waals surface area contributed by atoms with Crippen LogP contribution in [-0.4, -0.2) is 55.0 Å². The maximum atomic E-state index is 6.05. The number of hydrogen-bond acceptors (Lipinski definition) is 4. The Hall–Kier alpha value is -0.160. The summed E-state index contributed by atoms with van der Waals surface area (Å²) in [5, 5.41) is 0. The third-order valence-electron chi connectivity index (χ3n) is 2.89. The molecule has 0 amide bonds. The molecule has 4 heteroatoms. The quantitative estimate of drug-likeness (QED) is 0.790. The minimum Gasteiger partial charge on any atom is -0.376 e. The number of morpholine rings is 1. The monoisotopic (exact) mass is 244 g/mol. The van der Waals surface area contributed by atoms with Crippen molar-refractivity contribution in [1.82, 2.24) is 4.90 Å². The molecule has 1 saturated heterocycles. The SMILES string of the molecule is CCOC(CN)CN1CC(C)(C)OC(C)(C)C1. The van der Waals surface area contributed by atoms with Gasteiger partial charge >= 0.3 is 0 Å². The lowest BCUT2D eigenvalue weighted by molar-refractivity contribution is -0.184. The number of nitrogens with zero attached hydrogens (tertiary/aromatic N) is 1. The highest BCUT2D eigenvalue weighted by molar-refractivity contribution is 4.90. The molecule has 0 aliphatic carbocycles. The molecule has 2 N–H and O–H groups in total. The van der Waals surface area contributed by atoms with Crippen LogP contribution < -0.4 is 5.73 Å². The number of hydrogen-bond donors (Lipinski definition) is 1. The van der Waals surface area contributed by atoms with Crippen molar-refractivity contribution in [3.63, 3.8) is 0 Å². The Bertz CT molecular complexity index is 226. The highest BCUT2D eigenvalue weighted by Gasteiger charge is 2.38. The summed E-state index contributed by atoms with van der Waals surface area (Å²) in [4.78, 5) is 2.40. The Morgan fingerprint density at radius 1 is 1.24 bits per heavy atom. The van der Waals surface area contributed by atoms with E-state index in [0.717, 1.165) is 26.2 Å². The van der Waals surface area contributed by atoms with Gasteiger partial charge in [-0.3, -0.25) is 4.90 Å². The van der Waals surface area contributed by atoms with Crippen LogP contribution in [0.25, 0.3) is 0 Å². The molecule has 0 aromatic heterocycles. The third-order valence-corrected chi connectivity index (χ3v) is 2.89. The topological polar surface area (TPSA) is 47.7 Å². The second-order valence-electron chi connectivity index (χ2n) is 6.10. The predicted octanol–water partition coefficient (Wildman–Crippen LogP) is 1.24. The van der Waals surface area contributed by atoms with E-state index in [0.29, 0.717) is 6.54 Å². The fourth-order valence-corrected chi connectivity index (χ4v) is 2.79. The number of rotatable bonds is 5. The van der Waals surface area contributed by atoms with E-state index in [1.807, 2.05) is 6.92 Å². The van der Waals surface area contributed by atoms with Crippen LogP contribution >= 0.6 is 0 Å². The van der Waals surface area contributed by atoms with Crippen molar-refractivity contribution >= 4 is 0 Å². The van der Waals surface area contributed by atoms with E-state index in [2.05, 4.69) is 32.6 Å². The molecule has 0 bridgehead atoms. The summed E-state index contributed by atoms with van der Waals surface area (Å²) in [6.07, 6.45) is 0.129. The maximum Gasteiger partial charge on any atom is 0.0823 e. The molecule has 1 unspecified atom stereocenters. The Balaban J connectivity index is 2.58. The van der Waals surface area contributed by atoms with Gasteiger partial charge in [-0.2, -0.15) is 0 Å². The average Bonchev–Trinajstić information content (AvgIpc) is 2.11. The van der Waals surface area contributed by atoms with Crippen LogP contribution in [0, 0.1) is 0 Å². The molecule has 1 heterocycles. The van der Waals surface area contributed by atoms with Crippen LogP contribution in [0.15, 0.2) is 0 Å². The van der Waals surface area contributed by atoms with Crippen molar-refractivity contribution in [2.24, 2.45) is 5.73 Å². The summed E-state index contributed by atoms with van der Waals surface area (Å²) >= 11 is 0. The first-order chi connectivity index (χ1) is 7.78. The van der Waals surface area contributed by atoms with Crippen LogP contribution in [0.4, 0.5) is 0 Å². The van der Waals surface area contributed by atoms with Crippen molar-refractivity contribution in [3.8, 4) is 0 Å². The molecule has 1 aliphatic heterocycles. The lowest BCUT2D eigenvalue weighted by atomic mass is 9.98. The van der Waals surface area contributed by atoms with Crippen molar-refractivity contribution in [1.29, 1.82) is 0 Å². The van der Waals surface area contributed by atoms with Crippen LogP contribution in [0.3, 0.4) is 0 Å². The molecular formula is C13H28N2O2. The average molecular weight is 244 g/mol. The summed E-state index contributed by atoms with van der Waals surface area (Å²) in [5.74, 6) is 0. The van der Waals surface area contributed by atoms with Gasteiger partial charge in [0.2, 0.25) is 0 Å². The molecular weight excluding hydrogens is 216 g/mol. The molecule has 1 fully saturated rings. The molecule has 0 aromatic rings. The van der Waals surface area contributed by atoms with Gasteiger partial charge in [-0.05, 0) is 34.6 Å². The van der Waals surface area contributed by atoms with Crippen molar-refractivity contribution < 1.29 is 9.47 Å². The normalized spacial score (nSPS) is 25.8. The minimum atomic E-state index is -0.104. The Morgan fingerprint density at radius 3 is 2.18 bits per heavy atom. The Kier molecular flexibility index (Phi) is 4.95. The van der Waals surface area contributed by atoms with E-state index < -0.39 is 0 Å². The van der Waals surface area contributed by atoms with E-state index in [-0.39, 0.29) is 17.3 Å². The largest absolute Gasteiger partial charge is 0.376 e. The molecule has 0 aromatic carbocycles. The fourth-order valence-electron chi connectivity index (χ4n) is 2.79. The second-order valence-corrected chi connectivity index (χ2v) is 6.10. The first-order valence-electron chi connectivity index (χ1n) is 6.52. The van der Waals surface area contributed by atoms with E-state index in [1.54, 1.807) is 0 Å². The fraction of sp³-hybridized carbons (Fsp3) is 1.00. The van der Waals surface area contributed by atoms with Gasteiger partial charge in [-0.25, -0.2) is 0 Å². The lowest BCUT2D eigenvalue weighted by Crippen LogP contribution is -2.58. The molecule has 0 radical (unpaired) electrons. The molecule has 0 spiro atoms. The van der Waals surface area contributed by atoms with Gasteiger partial charge < -0.3 is 15.2 Å². The van der Waals surface area contributed by atoms with Gasteiger partial charge in [-0.1, -0.05) is 0 Å². The first-order valence-corrected chi connectivity index (χ1v) is 6.52. The molecule has 1 atom stereocenters. The van der Waals surface area contributed by atoms with Gasteiger partial charge in [0, 0.05) is 32.8 Å². The van der Waals surface area contributed by atoms with Crippen LogP contribution in [-0.2, 0) is 9.47 Å². The standard InChI is InChI=1S/C13H28N2O2/c1-6-16-11(7-14)8-15-9-12(2,3)17-13(4,5)10-15/h11H,6-10,14H2,1-5H3. The summed E-state index contributed by atoms with van der Waals surface area (Å²) in [7, 11) is 0. The van der Waals surface area contributed by atoms with Crippen LogP contribution in [0.5, 0.6) is 0 Å². The van der Waals surface area contributed by atoms with Gasteiger partial charge in [0.15, 0.2) is 0 Å². The Morgan fingerprint density at radius 2 is 1.76 bits per heavy atom. The molecule has 0 saturated carbocycles. The molecule has 1 rings (SSSR count). The van der Waals surface area contributed by atoms with E-state index in [1.165, 1.54) is 0 Å². The smallest absolute Gasteiger partial charge is 0.0823 e. The van der Waals surface area contributed by atoms with Crippen molar-refractivity contribution in [3.05, 3.63) is 0 Å². The van der Waals surface area contributed by atoms with Gasteiger partial charge in [0.1, 0.15) is 0 Å². The highest BCUT2D eigenvalue weighted by Crippen LogP contribution is 2.28. The van der Waals surface area contributed by atoms with E-state index in [9.17, 15) is 0 Å². The number of ether oxygens (including phenoxy) is 2. The molecule has 4 nitrogen and oxygen atoms in total. The molecule has 17 heavy (non-hydrogen) atoms.